The standard InChI is InChI=1S/C19H26FN3O4/c1-13(2)22(14(3)24)11-16-12-23(19(25)27-16)15-4-5-18(17(20)10-15)21-6-8-26-9-7-21/h4-5,10,13,16H,6-9,11-12H2,1-3H3. The predicted octanol–water partition coefficient (Wildman–Crippen LogP) is 2.24. The van der Waals surface area contributed by atoms with E-state index in [2.05, 4.69) is 0 Å². The molecule has 1 unspecified atom stereocenters. The molecule has 2 saturated heterocycles. The van der Waals surface area contributed by atoms with Crippen LogP contribution in [0.25, 0.3) is 0 Å². The monoisotopic (exact) mass is 379 g/mol. The molecule has 2 aliphatic rings. The molecule has 7 nitrogen and oxygen atoms in total. The van der Waals surface area contributed by atoms with Crippen molar-refractivity contribution in [3.05, 3.63) is 24.0 Å². The van der Waals surface area contributed by atoms with Crippen LogP contribution in [0, 0.1) is 5.82 Å². The number of cyclic esters (lactones) is 1. The summed E-state index contributed by atoms with van der Waals surface area (Å²) in [7, 11) is 0. The van der Waals surface area contributed by atoms with E-state index in [1.165, 1.54) is 17.9 Å². The molecule has 1 atom stereocenters. The van der Waals surface area contributed by atoms with E-state index in [4.69, 9.17) is 9.47 Å². The normalized spacial score (nSPS) is 20.2. The van der Waals surface area contributed by atoms with Crippen molar-refractivity contribution < 1.29 is 23.5 Å². The first-order chi connectivity index (χ1) is 12.9. The summed E-state index contributed by atoms with van der Waals surface area (Å²) >= 11 is 0. The van der Waals surface area contributed by atoms with Gasteiger partial charge < -0.3 is 19.3 Å². The molecule has 0 N–H and O–H groups in total. The summed E-state index contributed by atoms with van der Waals surface area (Å²) in [6, 6.07) is 4.79. The van der Waals surface area contributed by atoms with Crippen molar-refractivity contribution in [3.8, 4) is 0 Å². The number of carbonyl (C=O) groups excluding carboxylic acids is 2. The number of morpholine rings is 1. The number of benzene rings is 1. The van der Waals surface area contributed by atoms with Gasteiger partial charge in [-0.1, -0.05) is 0 Å². The SMILES string of the molecule is CC(=O)N(CC1CN(c2ccc(N3CCOCC3)c(F)c2)C(=O)O1)C(C)C. The van der Waals surface area contributed by atoms with Crippen LogP contribution in [-0.4, -0.2) is 68.4 Å². The molecule has 1 aromatic rings. The molecular weight excluding hydrogens is 353 g/mol. The van der Waals surface area contributed by atoms with Gasteiger partial charge in [0.25, 0.3) is 0 Å². The quantitative estimate of drug-likeness (QED) is 0.785. The number of hydrogen-bond donors (Lipinski definition) is 0. The molecule has 2 heterocycles. The van der Waals surface area contributed by atoms with E-state index in [1.54, 1.807) is 17.0 Å². The highest BCUT2D eigenvalue weighted by Gasteiger charge is 2.35. The molecule has 8 heteroatoms. The van der Waals surface area contributed by atoms with Crippen molar-refractivity contribution in [3.63, 3.8) is 0 Å². The first-order valence-corrected chi connectivity index (χ1v) is 9.24. The van der Waals surface area contributed by atoms with Crippen LogP contribution in [0.15, 0.2) is 18.2 Å². The lowest BCUT2D eigenvalue weighted by molar-refractivity contribution is -0.131. The first-order valence-electron chi connectivity index (χ1n) is 9.24. The Bertz CT molecular complexity index is 706. The van der Waals surface area contributed by atoms with Crippen LogP contribution in [0.4, 0.5) is 20.6 Å². The zero-order chi connectivity index (χ0) is 19.6. The van der Waals surface area contributed by atoms with Crippen LogP contribution < -0.4 is 9.80 Å². The maximum atomic E-state index is 14.6. The van der Waals surface area contributed by atoms with Crippen molar-refractivity contribution in [2.75, 3.05) is 49.2 Å². The molecular formula is C19H26FN3O4. The Morgan fingerprint density at radius 3 is 2.63 bits per heavy atom. The second-order valence-corrected chi connectivity index (χ2v) is 7.12. The van der Waals surface area contributed by atoms with Gasteiger partial charge in [0.05, 0.1) is 37.7 Å². The molecule has 0 aliphatic carbocycles. The molecule has 0 radical (unpaired) electrons. The summed E-state index contributed by atoms with van der Waals surface area (Å²) in [6.45, 7) is 8.35. The molecule has 0 saturated carbocycles. The summed E-state index contributed by atoms with van der Waals surface area (Å²) in [6.07, 6.45) is -0.962. The number of nitrogens with zero attached hydrogens (tertiary/aromatic N) is 3. The van der Waals surface area contributed by atoms with Crippen LogP contribution in [0.5, 0.6) is 0 Å². The lowest BCUT2D eigenvalue weighted by atomic mass is 10.2. The third-order valence-corrected chi connectivity index (χ3v) is 4.90. The zero-order valence-corrected chi connectivity index (χ0v) is 16.0. The number of carbonyl (C=O) groups is 2. The van der Waals surface area contributed by atoms with Gasteiger partial charge in [0.2, 0.25) is 5.91 Å². The van der Waals surface area contributed by atoms with E-state index in [0.717, 1.165) is 0 Å². The Kier molecular flexibility index (Phi) is 5.84. The molecule has 148 valence electrons. The molecule has 2 fully saturated rings. The zero-order valence-electron chi connectivity index (χ0n) is 16.0. The average Bonchev–Trinajstić information content (AvgIpc) is 3.00. The van der Waals surface area contributed by atoms with Gasteiger partial charge in [-0.2, -0.15) is 0 Å². The molecule has 1 aromatic carbocycles. The van der Waals surface area contributed by atoms with Crippen LogP contribution in [0.1, 0.15) is 20.8 Å². The molecule has 2 amide bonds. The summed E-state index contributed by atoms with van der Waals surface area (Å²) in [5.74, 6) is -0.446. The van der Waals surface area contributed by atoms with E-state index < -0.39 is 12.2 Å². The van der Waals surface area contributed by atoms with Crippen molar-refractivity contribution >= 4 is 23.4 Å². The molecule has 0 aromatic heterocycles. The van der Waals surface area contributed by atoms with E-state index in [0.29, 0.717) is 44.2 Å². The Balaban J connectivity index is 1.70. The Morgan fingerprint density at radius 1 is 1.33 bits per heavy atom. The number of anilines is 2. The second kappa shape index (κ2) is 8.12. The predicted molar refractivity (Wildman–Crippen MR) is 99.6 cm³/mol. The van der Waals surface area contributed by atoms with Gasteiger partial charge in [-0.25, -0.2) is 9.18 Å². The summed E-state index contributed by atoms with van der Waals surface area (Å²) in [5.41, 5.74) is 0.963. The molecule has 0 bridgehead atoms. The van der Waals surface area contributed by atoms with Gasteiger partial charge in [-0.3, -0.25) is 9.69 Å². The fraction of sp³-hybridized carbons (Fsp3) is 0.579. The van der Waals surface area contributed by atoms with E-state index >= 15 is 0 Å². The minimum Gasteiger partial charge on any atom is -0.442 e. The first kappa shape index (κ1) is 19.4. The number of amides is 2. The Labute approximate surface area is 158 Å². The third-order valence-electron chi connectivity index (χ3n) is 4.90. The van der Waals surface area contributed by atoms with Gasteiger partial charge >= 0.3 is 6.09 Å². The summed E-state index contributed by atoms with van der Waals surface area (Å²) < 4.78 is 25.3. The number of ether oxygens (including phenoxy) is 2. The van der Waals surface area contributed by atoms with E-state index in [9.17, 15) is 14.0 Å². The minimum absolute atomic E-state index is 0.0144. The van der Waals surface area contributed by atoms with Gasteiger partial charge in [0.1, 0.15) is 11.9 Å². The van der Waals surface area contributed by atoms with Crippen LogP contribution in [-0.2, 0) is 14.3 Å². The average molecular weight is 379 g/mol. The highest BCUT2D eigenvalue weighted by molar-refractivity contribution is 5.90. The largest absolute Gasteiger partial charge is 0.442 e. The fourth-order valence-electron chi connectivity index (χ4n) is 3.47. The lowest BCUT2D eigenvalue weighted by Gasteiger charge is -2.29. The number of rotatable bonds is 5. The molecule has 2 aliphatic heterocycles. The van der Waals surface area contributed by atoms with Gasteiger partial charge in [0.15, 0.2) is 0 Å². The van der Waals surface area contributed by atoms with Crippen LogP contribution in [0.3, 0.4) is 0 Å². The van der Waals surface area contributed by atoms with Crippen molar-refractivity contribution in [1.29, 1.82) is 0 Å². The van der Waals surface area contributed by atoms with Crippen LogP contribution >= 0.6 is 0 Å². The van der Waals surface area contributed by atoms with Crippen LogP contribution in [0.2, 0.25) is 0 Å². The second-order valence-electron chi connectivity index (χ2n) is 7.12. The third kappa shape index (κ3) is 4.32. The summed E-state index contributed by atoms with van der Waals surface area (Å²) in [5, 5.41) is 0. The fourth-order valence-corrected chi connectivity index (χ4v) is 3.47. The minimum atomic E-state index is -0.522. The van der Waals surface area contributed by atoms with Gasteiger partial charge in [-0.15, -0.1) is 0 Å². The highest BCUT2D eigenvalue weighted by atomic mass is 19.1. The number of halogens is 1. The summed E-state index contributed by atoms with van der Waals surface area (Å²) in [4.78, 5) is 29.0. The van der Waals surface area contributed by atoms with E-state index in [1.807, 2.05) is 18.7 Å². The van der Waals surface area contributed by atoms with E-state index in [-0.39, 0.29) is 24.3 Å². The van der Waals surface area contributed by atoms with Gasteiger partial charge in [-0.05, 0) is 32.0 Å². The molecule has 3 rings (SSSR count). The number of hydrogen-bond acceptors (Lipinski definition) is 5. The van der Waals surface area contributed by atoms with Crippen molar-refractivity contribution in [2.24, 2.45) is 0 Å². The Hall–Kier alpha value is -2.35. The van der Waals surface area contributed by atoms with Crippen molar-refractivity contribution in [2.45, 2.75) is 32.9 Å². The Morgan fingerprint density at radius 2 is 2.04 bits per heavy atom. The maximum absolute atomic E-state index is 14.6. The molecule has 27 heavy (non-hydrogen) atoms. The topological polar surface area (TPSA) is 62.3 Å². The maximum Gasteiger partial charge on any atom is 0.414 e. The molecule has 0 spiro atoms. The smallest absolute Gasteiger partial charge is 0.414 e. The lowest BCUT2D eigenvalue weighted by Crippen LogP contribution is -2.42. The van der Waals surface area contributed by atoms with Gasteiger partial charge in [0, 0.05) is 26.1 Å². The highest BCUT2D eigenvalue weighted by Crippen LogP contribution is 2.28. The van der Waals surface area contributed by atoms with Crippen molar-refractivity contribution in [1.82, 2.24) is 4.90 Å².